The smallest absolute Gasteiger partial charge is 0.192 e. The van der Waals surface area contributed by atoms with Gasteiger partial charge in [0.1, 0.15) is 0 Å². The normalized spacial score (nSPS) is 14.1. The van der Waals surface area contributed by atoms with E-state index in [-0.39, 0.29) is 5.78 Å². The maximum Gasteiger partial charge on any atom is 0.192 e. The molecule has 7 heteroatoms. The molecule has 0 bridgehead atoms. The van der Waals surface area contributed by atoms with Crippen LogP contribution >= 0.6 is 23.1 Å². The van der Waals surface area contributed by atoms with Gasteiger partial charge in [0, 0.05) is 28.2 Å². The highest BCUT2D eigenvalue weighted by Crippen LogP contribution is 2.42. The number of Topliss-reactive ketones (excluding diaryl/α,β-unsaturated/α-hetero) is 1. The van der Waals surface area contributed by atoms with E-state index in [2.05, 4.69) is 31.2 Å². The summed E-state index contributed by atoms with van der Waals surface area (Å²) < 4.78 is 2.21. The van der Waals surface area contributed by atoms with Gasteiger partial charge in [-0.1, -0.05) is 36.0 Å². The molecule has 3 heterocycles. The molecule has 0 saturated heterocycles. The predicted octanol–water partition coefficient (Wildman–Crippen LogP) is 5.11. The molecule has 1 saturated carbocycles. The number of carbonyl (C=O) groups excluding carboxylic acids is 1. The van der Waals surface area contributed by atoms with Gasteiger partial charge < -0.3 is 4.98 Å². The van der Waals surface area contributed by atoms with E-state index in [4.69, 9.17) is 0 Å². The molecule has 3 aromatic heterocycles. The standard InChI is InChI=1S/C20H18N4OS2/c1-12-18(14-5-2-3-6-15(14)21-12)16(25)11-27-20-23-22-19(17-7-4-10-26-17)24(20)13-8-9-13/h2-7,10,13,21H,8-9,11H2,1H3. The van der Waals surface area contributed by atoms with Crippen molar-refractivity contribution in [3.8, 4) is 10.7 Å². The van der Waals surface area contributed by atoms with Crippen molar-refractivity contribution in [2.45, 2.75) is 31.0 Å². The molecule has 1 aliphatic carbocycles. The summed E-state index contributed by atoms with van der Waals surface area (Å²) in [5, 5.41) is 12.7. The largest absolute Gasteiger partial charge is 0.358 e. The fraction of sp³-hybridized carbons (Fsp3) is 0.250. The second-order valence-corrected chi connectivity index (χ2v) is 8.66. The molecule has 0 aliphatic heterocycles. The quantitative estimate of drug-likeness (QED) is 0.365. The van der Waals surface area contributed by atoms with E-state index in [1.165, 1.54) is 11.8 Å². The Morgan fingerprint density at radius 2 is 2.11 bits per heavy atom. The van der Waals surface area contributed by atoms with Crippen molar-refractivity contribution in [1.29, 1.82) is 0 Å². The van der Waals surface area contributed by atoms with Crippen molar-refractivity contribution < 1.29 is 4.79 Å². The summed E-state index contributed by atoms with van der Waals surface area (Å²) in [4.78, 5) is 17.4. The van der Waals surface area contributed by atoms with Gasteiger partial charge in [-0.3, -0.25) is 9.36 Å². The molecule has 5 rings (SSSR count). The van der Waals surface area contributed by atoms with Gasteiger partial charge in [-0.2, -0.15) is 0 Å². The van der Waals surface area contributed by atoms with E-state index < -0.39 is 0 Å². The van der Waals surface area contributed by atoms with Crippen LogP contribution in [0.15, 0.2) is 46.9 Å². The molecule has 1 N–H and O–H groups in total. The number of hydrogen-bond acceptors (Lipinski definition) is 5. The van der Waals surface area contributed by atoms with E-state index in [9.17, 15) is 4.79 Å². The fourth-order valence-corrected chi connectivity index (χ4v) is 5.03. The topological polar surface area (TPSA) is 63.6 Å². The average molecular weight is 395 g/mol. The number of thiophene rings is 1. The first-order valence-corrected chi connectivity index (χ1v) is 10.8. The molecule has 0 radical (unpaired) electrons. The zero-order chi connectivity index (χ0) is 18.4. The van der Waals surface area contributed by atoms with Crippen LogP contribution < -0.4 is 0 Å². The number of fused-ring (bicyclic) bond motifs is 1. The second-order valence-electron chi connectivity index (χ2n) is 6.77. The lowest BCUT2D eigenvalue weighted by molar-refractivity contribution is 0.102. The number of para-hydroxylation sites is 1. The number of H-pyrrole nitrogens is 1. The molecule has 136 valence electrons. The van der Waals surface area contributed by atoms with Gasteiger partial charge in [-0.15, -0.1) is 21.5 Å². The lowest BCUT2D eigenvalue weighted by Gasteiger charge is -2.07. The van der Waals surface area contributed by atoms with Crippen molar-refractivity contribution in [2.75, 3.05) is 5.75 Å². The van der Waals surface area contributed by atoms with Gasteiger partial charge in [-0.25, -0.2) is 0 Å². The third kappa shape index (κ3) is 3.00. The molecule has 0 atom stereocenters. The minimum atomic E-state index is 0.123. The summed E-state index contributed by atoms with van der Waals surface area (Å²) in [6, 6.07) is 12.5. The van der Waals surface area contributed by atoms with Gasteiger partial charge in [-0.05, 0) is 37.3 Å². The zero-order valence-corrected chi connectivity index (χ0v) is 16.4. The number of benzene rings is 1. The number of nitrogens with zero attached hydrogens (tertiary/aromatic N) is 3. The number of thioether (sulfide) groups is 1. The van der Waals surface area contributed by atoms with Crippen LogP contribution in [-0.4, -0.2) is 31.3 Å². The van der Waals surface area contributed by atoms with Crippen molar-refractivity contribution in [2.24, 2.45) is 0 Å². The first-order valence-electron chi connectivity index (χ1n) is 8.94. The molecule has 1 aromatic carbocycles. The molecular weight excluding hydrogens is 376 g/mol. The first-order chi connectivity index (χ1) is 13.2. The van der Waals surface area contributed by atoms with E-state index >= 15 is 0 Å². The van der Waals surface area contributed by atoms with Crippen LogP contribution in [0.25, 0.3) is 21.6 Å². The number of nitrogens with one attached hydrogen (secondary N) is 1. The summed E-state index contributed by atoms with van der Waals surface area (Å²) in [6.07, 6.45) is 2.30. The minimum Gasteiger partial charge on any atom is -0.358 e. The molecule has 0 unspecified atom stereocenters. The maximum absolute atomic E-state index is 12.9. The van der Waals surface area contributed by atoms with Crippen LogP contribution in [0.4, 0.5) is 0 Å². The Balaban J connectivity index is 1.42. The number of aromatic amines is 1. The van der Waals surface area contributed by atoms with Crippen LogP contribution in [0.3, 0.4) is 0 Å². The molecular formula is C20H18N4OS2. The number of aromatic nitrogens is 4. The van der Waals surface area contributed by atoms with Crippen LogP contribution in [-0.2, 0) is 0 Å². The number of ketones is 1. The van der Waals surface area contributed by atoms with Crippen LogP contribution in [0, 0.1) is 6.92 Å². The predicted molar refractivity (Wildman–Crippen MR) is 110 cm³/mol. The van der Waals surface area contributed by atoms with Crippen LogP contribution in [0.5, 0.6) is 0 Å². The lowest BCUT2D eigenvalue weighted by atomic mass is 10.1. The van der Waals surface area contributed by atoms with Gasteiger partial charge in [0.2, 0.25) is 0 Å². The molecule has 0 spiro atoms. The Hall–Kier alpha value is -2.38. The van der Waals surface area contributed by atoms with E-state index in [0.717, 1.165) is 50.9 Å². The lowest BCUT2D eigenvalue weighted by Crippen LogP contribution is -2.06. The molecule has 1 fully saturated rings. The van der Waals surface area contributed by atoms with Crippen molar-refractivity contribution in [3.63, 3.8) is 0 Å². The highest BCUT2D eigenvalue weighted by atomic mass is 32.2. The highest BCUT2D eigenvalue weighted by molar-refractivity contribution is 7.99. The third-order valence-electron chi connectivity index (χ3n) is 4.82. The zero-order valence-electron chi connectivity index (χ0n) is 14.8. The van der Waals surface area contributed by atoms with Crippen LogP contribution in [0.2, 0.25) is 0 Å². The van der Waals surface area contributed by atoms with Crippen molar-refractivity contribution >= 4 is 39.8 Å². The minimum absolute atomic E-state index is 0.123. The molecule has 4 aromatic rings. The number of hydrogen-bond donors (Lipinski definition) is 1. The van der Waals surface area contributed by atoms with Gasteiger partial charge in [0.15, 0.2) is 16.8 Å². The van der Waals surface area contributed by atoms with Gasteiger partial charge in [0.25, 0.3) is 0 Å². The van der Waals surface area contributed by atoms with Gasteiger partial charge in [0.05, 0.1) is 10.6 Å². The summed E-state index contributed by atoms with van der Waals surface area (Å²) in [7, 11) is 0. The second kappa shape index (κ2) is 6.65. The summed E-state index contributed by atoms with van der Waals surface area (Å²) in [5.41, 5.74) is 2.71. The summed E-state index contributed by atoms with van der Waals surface area (Å²) in [6.45, 7) is 1.96. The fourth-order valence-electron chi connectivity index (χ4n) is 3.45. The Morgan fingerprint density at radius 1 is 1.26 bits per heavy atom. The number of carbonyl (C=O) groups is 1. The highest BCUT2D eigenvalue weighted by Gasteiger charge is 2.30. The maximum atomic E-state index is 12.9. The Bertz CT molecular complexity index is 1120. The number of rotatable bonds is 6. The first kappa shape index (κ1) is 16.8. The van der Waals surface area contributed by atoms with Crippen molar-refractivity contribution in [3.05, 3.63) is 53.0 Å². The molecule has 27 heavy (non-hydrogen) atoms. The van der Waals surface area contributed by atoms with E-state index in [1.807, 2.05) is 37.3 Å². The monoisotopic (exact) mass is 394 g/mol. The average Bonchev–Trinajstić information content (AvgIpc) is 3.09. The van der Waals surface area contributed by atoms with E-state index in [1.54, 1.807) is 11.3 Å². The molecule has 5 nitrogen and oxygen atoms in total. The molecule has 0 amide bonds. The Morgan fingerprint density at radius 3 is 2.89 bits per heavy atom. The molecule has 1 aliphatic rings. The SMILES string of the molecule is Cc1[nH]c2ccccc2c1C(=O)CSc1nnc(-c2cccs2)n1C1CC1. The Kier molecular flexibility index (Phi) is 4.13. The van der Waals surface area contributed by atoms with Crippen LogP contribution in [0.1, 0.15) is 34.9 Å². The number of aryl methyl sites for hydroxylation is 1. The summed E-state index contributed by atoms with van der Waals surface area (Å²) >= 11 is 3.16. The Labute approximate surface area is 164 Å². The summed E-state index contributed by atoms with van der Waals surface area (Å²) in [5.74, 6) is 1.40. The van der Waals surface area contributed by atoms with E-state index in [0.29, 0.717) is 11.8 Å². The third-order valence-corrected chi connectivity index (χ3v) is 6.63. The van der Waals surface area contributed by atoms with Gasteiger partial charge >= 0.3 is 0 Å². The van der Waals surface area contributed by atoms with Crippen molar-refractivity contribution in [1.82, 2.24) is 19.7 Å².